The lowest BCUT2D eigenvalue weighted by molar-refractivity contribution is 0.588. The van der Waals surface area contributed by atoms with Gasteiger partial charge in [-0.15, -0.1) is 0 Å². The average Bonchev–Trinajstić information content (AvgIpc) is 2.66. The van der Waals surface area contributed by atoms with Crippen molar-refractivity contribution in [3.8, 4) is 5.69 Å². The number of hydrogen-bond acceptors (Lipinski definition) is 4. The Hall–Kier alpha value is -1.38. The number of nitrogens with zero attached hydrogens (tertiary/aromatic N) is 2. The van der Waals surface area contributed by atoms with Crippen molar-refractivity contribution in [3.05, 3.63) is 34.1 Å². The van der Waals surface area contributed by atoms with Crippen LogP contribution in [-0.4, -0.2) is 25.2 Å². The van der Waals surface area contributed by atoms with Gasteiger partial charge in [0.25, 0.3) is 0 Å². The van der Waals surface area contributed by atoms with Crippen LogP contribution in [-0.2, 0) is 10.0 Å². The predicted molar refractivity (Wildman–Crippen MR) is 81.4 cm³/mol. The van der Waals surface area contributed by atoms with Crippen molar-refractivity contribution >= 4 is 31.6 Å². The zero-order chi connectivity index (χ0) is 15.1. The number of nitrogens with one attached hydrogen (secondary N) is 1. The highest BCUT2D eigenvalue weighted by Crippen LogP contribution is 2.26. The van der Waals surface area contributed by atoms with Crippen LogP contribution in [0.1, 0.15) is 11.4 Å². The molecule has 0 atom stereocenters. The maximum Gasteiger partial charge on any atom is 0.242 e. The summed E-state index contributed by atoms with van der Waals surface area (Å²) in [5, 5.41) is 4.38. The predicted octanol–water partition coefficient (Wildman–Crippen LogP) is 1.74. The van der Waals surface area contributed by atoms with Gasteiger partial charge in [0.1, 0.15) is 4.90 Å². The highest BCUT2D eigenvalue weighted by atomic mass is 79.9. The number of hydrogen-bond donors (Lipinski definition) is 2. The number of anilines is 1. The van der Waals surface area contributed by atoms with Crippen molar-refractivity contribution in [1.82, 2.24) is 14.5 Å². The lowest BCUT2D eigenvalue weighted by Gasteiger charge is -2.09. The molecule has 0 amide bonds. The summed E-state index contributed by atoms with van der Waals surface area (Å²) >= 11 is 3.45. The normalized spacial score (nSPS) is 11.8. The van der Waals surface area contributed by atoms with Crippen LogP contribution in [0.15, 0.2) is 27.6 Å². The van der Waals surface area contributed by atoms with Gasteiger partial charge in [0.2, 0.25) is 10.0 Å². The summed E-state index contributed by atoms with van der Waals surface area (Å²) in [7, 11) is -2.21. The highest BCUT2D eigenvalue weighted by molar-refractivity contribution is 9.10. The van der Waals surface area contributed by atoms with Crippen molar-refractivity contribution in [2.75, 3.05) is 12.8 Å². The van der Waals surface area contributed by atoms with Crippen LogP contribution in [0.4, 0.5) is 5.69 Å². The minimum atomic E-state index is -3.55. The van der Waals surface area contributed by atoms with Crippen LogP contribution in [0.2, 0.25) is 0 Å². The number of halogens is 1. The van der Waals surface area contributed by atoms with E-state index in [9.17, 15) is 8.42 Å². The molecule has 2 aromatic rings. The van der Waals surface area contributed by atoms with Crippen LogP contribution < -0.4 is 10.5 Å². The smallest absolute Gasteiger partial charge is 0.242 e. The van der Waals surface area contributed by atoms with Crippen LogP contribution >= 0.6 is 15.9 Å². The summed E-state index contributed by atoms with van der Waals surface area (Å²) in [6, 6.07) is 4.74. The first-order valence-electron chi connectivity index (χ1n) is 5.83. The summed E-state index contributed by atoms with van der Waals surface area (Å²) in [5.74, 6) is 0. The Labute approximate surface area is 126 Å². The van der Waals surface area contributed by atoms with Crippen LogP contribution in [0.5, 0.6) is 0 Å². The van der Waals surface area contributed by atoms with Crippen molar-refractivity contribution in [2.24, 2.45) is 0 Å². The Bertz CT molecular complexity index is 768. The van der Waals surface area contributed by atoms with Crippen molar-refractivity contribution in [3.63, 3.8) is 0 Å². The van der Waals surface area contributed by atoms with Gasteiger partial charge in [-0.2, -0.15) is 5.10 Å². The molecule has 1 aromatic heterocycles. The Kier molecular flexibility index (Phi) is 3.90. The molecule has 0 radical (unpaired) electrons. The minimum Gasteiger partial charge on any atom is -0.398 e. The van der Waals surface area contributed by atoms with Gasteiger partial charge < -0.3 is 5.73 Å². The Morgan fingerprint density at radius 2 is 2.00 bits per heavy atom. The SMILES string of the molecule is CNS(=O)(=O)c1ccc(-n2nc(C)c(Br)c2C)cc1N. The fourth-order valence-electron chi connectivity index (χ4n) is 1.90. The van der Waals surface area contributed by atoms with Gasteiger partial charge in [-0.25, -0.2) is 17.8 Å². The number of aryl methyl sites for hydroxylation is 1. The molecule has 0 aliphatic carbocycles. The van der Waals surface area contributed by atoms with E-state index in [1.807, 2.05) is 13.8 Å². The van der Waals surface area contributed by atoms with Crippen LogP contribution in [0.3, 0.4) is 0 Å². The molecule has 3 N–H and O–H groups in total. The number of sulfonamides is 1. The van der Waals surface area contributed by atoms with E-state index in [0.29, 0.717) is 5.69 Å². The topological polar surface area (TPSA) is 90.0 Å². The van der Waals surface area contributed by atoms with Gasteiger partial charge in [-0.3, -0.25) is 0 Å². The fraction of sp³-hybridized carbons (Fsp3) is 0.250. The second kappa shape index (κ2) is 5.19. The zero-order valence-electron chi connectivity index (χ0n) is 11.3. The minimum absolute atomic E-state index is 0.0596. The van der Waals surface area contributed by atoms with E-state index in [4.69, 9.17) is 5.73 Å². The van der Waals surface area contributed by atoms with Gasteiger partial charge in [0.05, 0.1) is 27.2 Å². The number of nitrogens with two attached hydrogens (primary N) is 1. The Morgan fingerprint density at radius 1 is 1.35 bits per heavy atom. The highest BCUT2D eigenvalue weighted by Gasteiger charge is 2.17. The van der Waals surface area contributed by atoms with Gasteiger partial charge in [0, 0.05) is 0 Å². The molecule has 0 unspecified atom stereocenters. The molecule has 0 aliphatic heterocycles. The van der Waals surface area contributed by atoms with Gasteiger partial charge >= 0.3 is 0 Å². The fourth-order valence-corrected chi connectivity index (χ4v) is 2.98. The van der Waals surface area contributed by atoms with Gasteiger partial charge in [-0.1, -0.05) is 0 Å². The van der Waals surface area contributed by atoms with Gasteiger partial charge in [0.15, 0.2) is 0 Å². The van der Waals surface area contributed by atoms with E-state index in [0.717, 1.165) is 15.9 Å². The van der Waals surface area contributed by atoms with E-state index in [1.54, 1.807) is 16.8 Å². The third-order valence-corrected chi connectivity index (χ3v) is 5.64. The first-order chi connectivity index (χ1) is 9.27. The number of nitrogen functional groups attached to an aromatic ring is 1. The molecule has 20 heavy (non-hydrogen) atoms. The first-order valence-corrected chi connectivity index (χ1v) is 8.10. The molecule has 0 saturated heterocycles. The monoisotopic (exact) mass is 358 g/mol. The lowest BCUT2D eigenvalue weighted by Crippen LogP contribution is -2.20. The molecule has 0 spiro atoms. The van der Waals surface area contributed by atoms with Crippen molar-refractivity contribution in [2.45, 2.75) is 18.7 Å². The van der Waals surface area contributed by atoms with Crippen molar-refractivity contribution in [1.29, 1.82) is 0 Å². The molecule has 1 heterocycles. The van der Waals surface area contributed by atoms with E-state index in [2.05, 4.69) is 25.8 Å². The van der Waals surface area contributed by atoms with E-state index < -0.39 is 10.0 Å². The molecule has 0 saturated carbocycles. The number of rotatable bonds is 3. The molecule has 1 aromatic carbocycles. The van der Waals surface area contributed by atoms with Crippen molar-refractivity contribution < 1.29 is 8.42 Å². The first kappa shape index (κ1) is 15.0. The molecule has 2 rings (SSSR count). The van der Waals surface area contributed by atoms with Crippen LogP contribution in [0, 0.1) is 13.8 Å². The molecular formula is C12H15BrN4O2S. The summed E-state index contributed by atoms with van der Waals surface area (Å²) in [6.07, 6.45) is 0. The van der Waals surface area contributed by atoms with E-state index in [1.165, 1.54) is 13.1 Å². The molecule has 0 fully saturated rings. The standard InChI is InChI=1S/C12H15BrN4O2S/c1-7-12(13)8(2)17(16-7)9-4-5-11(10(14)6-9)20(18,19)15-3/h4-6,15H,14H2,1-3H3. The second-order valence-corrected chi connectivity index (χ2v) is 6.97. The molecule has 8 heteroatoms. The molecule has 108 valence electrons. The third kappa shape index (κ3) is 2.46. The summed E-state index contributed by atoms with van der Waals surface area (Å²) in [6.45, 7) is 3.80. The summed E-state index contributed by atoms with van der Waals surface area (Å²) in [5.41, 5.74) is 8.51. The Morgan fingerprint density at radius 3 is 2.45 bits per heavy atom. The number of benzene rings is 1. The second-order valence-electron chi connectivity index (χ2n) is 4.33. The van der Waals surface area contributed by atoms with E-state index in [-0.39, 0.29) is 10.6 Å². The zero-order valence-corrected chi connectivity index (χ0v) is 13.7. The third-order valence-electron chi connectivity index (χ3n) is 3.00. The summed E-state index contributed by atoms with van der Waals surface area (Å²) < 4.78 is 28.4. The summed E-state index contributed by atoms with van der Waals surface area (Å²) in [4.78, 5) is 0.0596. The largest absolute Gasteiger partial charge is 0.398 e. The maximum atomic E-state index is 11.8. The quantitative estimate of drug-likeness (QED) is 0.817. The maximum absolute atomic E-state index is 11.8. The average molecular weight is 359 g/mol. The lowest BCUT2D eigenvalue weighted by atomic mass is 10.3. The molecular weight excluding hydrogens is 344 g/mol. The van der Waals surface area contributed by atoms with E-state index >= 15 is 0 Å². The Balaban J connectivity index is 2.57. The molecule has 0 aliphatic rings. The number of aromatic nitrogens is 2. The molecule has 0 bridgehead atoms. The van der Waals surface area contributed by atoms with Gasteiger partial charge in [-0.05, 0) is 55.0 Å². The van der Waals surface area contributed by atoms with Crippen LogP contribution in [0.25, 0.3) is 5.69 Å². The molecule has 6 nitrogen and oxygen atoms in total.